The van der Waals surface area contributed by atoms with Crippen LogP contribution in [0.1, 0.15) is 23.6 Å². The topological polar surface area (TPSA) is 77.0 Å². The second-order valence-corrected chi connectivity index (χ2v) is 7.08. The number of cyclic esters (lactones) is 1. The summed E-state index contributed by atoms with van der Waals surface area (Å²) in [6, 6.07) is 20.1. The zero-order valence-corrected chi connectivity index (χ0v) is 17.2. The molecule has 0 spiro atoms. The summed E-state index contributed by atoms with van der Waals surface area (Å²) in [5.74, 6) is -0.143. The number of nitrogens with zero attached hydrogens (tertiary/aromatic N) is 1. The van der Waals surface area contributed by atoms with E-state index in [1.165, 1.54) is 19.1 Å². The van der Waals surface area contributed by atoms with Crippen LogP contribution in [0.5, 0.6) is 5.75 Å². The molecule has 1 heterocycles. The molecule has 0 radical (unpaired) electrons. The average molecular weight is 430 g/mol. The molecule has 0 saturated heterocycles. The van der Waals surface area contributed by atoms with Gasteiger partial charge in [-0.3, -0.25) is 4.79 Å². The molecule has 160 valence electrons. The molecule has 3 aromatic rings. The van der Waals surface area contributed by atoms with Gasteiger partial charge in [0.2, 0.25) is 11.8 Å². The van der Waals surface area contributed by atoms with Gasteiger partial charge < -0.3 is 14.8 Å². The summed E-state index contributed by atoms with van der Waals surface area (Å²) in [5, 5.41) is 2.67. The fourth-order valence-corrected chi connectivity index (χ4v) is 3.00. The summed E-state index contributed by atoms with van der Waals surface area (Å²) >= 11 is 0. The highest BCUT2D eigenvalue weighted by Gasteiger charge is 2.24. The lowest BCUT2D eigenvalue weighted by molar-refractivity contribution is -0.129. The standard InChI is InChI=1S/C25H19FN2O4/c1-16(29)27-21-10-6-19(7-11-21)24-28-23(25(30)32-24)14-17-4-12-22(13-5-17)31-15-18-2-8-20(26)9-3-18/h2-14H,15H2,1H3,(H,27,29)/b23-14-. The number of anilines is 1. The SMILES string of the molecule is CC(=O)Nc1ccc(C2=N/C(=C\c3ccc(OCc4ccc(F)cc4)cc3)C(=O)O2)cc1. The van der Waals surface area contributed by atoms with E-state index in [0.29, 0.717) is 23.6 Å². The van der Waals surface area contributed by atoms with Crippen molar-refractivity contribution >= 4 is 29.5 Å². The van der Waals surface area contributed by atoms with Crippen LogP contribution in [0.25, 0.3) is 6.08 Å². The van der Waals surface area contributed by atoms with Gasteiger partial charge in [0.05, 0.1) is 0 Å². The van der Waals surface area contributed by atoms with E-state index in [1.54, 1.807) is 66.7 Å². The number of halogens is 1. The summed E-state index contributed by atoms with van der Waals surface area (Å²) in [6.07, 6.45) is 1.63. The van der Waals surface area contributed by atoms with Gasteiger partial charge >= 0.3 is 5.97 Å². The maximum Gasteiger partial charge on any atom is 0.363 e. The third-order valence-corrected chi connectivity index (χ3v) is 4.57. The number of rotatable bonds is 6. The molecule has 0 saturated carbocycles. The lowest BCUT2D eigenvalue weighted by Crippen LogP contribution is -2.07. The van der Waals surface area contributed by atoms with Crippen molar-refractivity contribution < 1.29 is 23.5 Å². The lowest BCUT2D eigenvalue weighted by Gasteiger charge is -2.06. The van der Waals surface area contributed by atoms with Crippen LogP contribution < -0.4 is 10.1 Å². The van der Waals surface area contributed by atoms with Crippen LogP contribution in [0.2, 0.25) is 0 Å². The number of benzene rings is 3. The first-order valence-corrected chi connectivity index (χ1v) is 9.84. The number of aliphatic imine (C=N–C) groups is 1. The van der Waals surface area contributed by atoms with Gasteiger partial charge in [0.25, 0.3) is 0 Å². The molecule has 7 heteroatoms. The highest BCUT2D eigenvalue weighted by Crippen LogP contribution is 2.22. The molecule has 1 aliphatic heterocycles. The van der Waals surface area contributed by atoms with Gasteiger partial charge in [-0.25, -0.2) is 14.2 Å². The van der Waals surface area contributed by atoms with Crippen LogP contribution in [-0.2, 0) is 20.9 Å². The molecule has 0 bridgehead atoms. The van der Waals surface area contributed by atoms with E-state index in [2.05, 4.69) is 10.3 Å². The number of hydrogen-bond donors (Lipinski definition) is 1. The van der Waals surface area contributed by atoms with Crippen LogP contribution in [0.15, 0.2) is 83.5 Å². The first-order chi connectivity index (χ1) is 15.5. The molecule has 0 atom stereocenters. The van der Waals surface area contributed by atoms with Crippen LogP contribution in [0, 0.1) is 5.82 Å². The van der Waals surface area contributed by atoms with E-state index in [-0.39, 0.29) is 23.3 Å². The minimum Gasteiger partial charge on any atom is -0.489 e. The molecule has 1 N–H and O–H groups in total. The quantitative estimate of drug-likeness (QED) is 0.454. The zero-order valence-electron chi connectivity index (χ0n) is 17.2. The fraction of sp³-hybridized carbons (Fsp3) is 0.0800. The number of esters is 1. The molecule has 0 fully saturated rings. The summed E-state index contributed by atoms with van der Waals surface area (Å²) in [7, 11) is 0. The normalized spacial score (nSPS) is 14.1. The molecule has 1 amide bonds. The maximum absolute atomic E-state index is 13.0. The van der Waals surface area contributed by atoms with Gasteiger partial charge in [0.1, 0.15) is 18.2 Å². The van der Waals surface area contributed by atoms with Crippen LogP contribution in [0.4, 0.5) is 10.1 Å². The minimum absolute atomic E-state index is 0.167. The second kappa shape index (κ2) is 9.26. The molecule has 4 rings (SSSR count). The average Bonchev–Trinajstić information content (AvgIpc) is 3.14. The molecule has 32 heavy (non-hydrogen) atoms. The van der Waals surface area contributed by atoms with E-state index >= 15 is 0 Å². The predicted octanol–water partition coefficient (Wildman–Crippen LogP) is 4.71. The van der Waals surface area contributed by atoms with Crippen molar-refractivity contribution in [1.29, 1.82) is 0 Å². The summed E-state index contributed by atoms with van der Waals surface area (Å²) in [6.45, 7) is 1.75. The smallest absolute Gasteiger partial charge is 0.363 e. The highest BCUT2D eigenvalue weighted by molar-refractivity contribution is 6.13. The third-order valence-electron chi connectivity index (χ3n) is 4.57. The van der Waals surface area contributed by atoms with Crippen molar-refractivity contribution in [3.8, 4) is 5.75 Å². The van der Waals surface area contributed by atoms with Gasteiger partial charge in [0.15, 0.2) is 5.70 Å². The van der Waals surface area contributed by atoms with E-state index < -0.39 is 5.97 Å². The Balaban J connectivity index is 1.42. The zero-order chi connectivity index (χ0) is 22.5. The first-order valence-electron chi connectivity index (χ1n) is 9.84. The Morgan fingerprint density at radius 1 is 1.03 bits per heavy atom. The fourth-order valence-electron chi connectivity index (χ4n) is 3.00. The van der Waals surface area contributed by atoms with Gasteiger partial charge in [-0.1, -0.05) is 24.3 Å². The van der Waals surface area contributed by atoms with Crippen LogP contribution in [-0.4, -0.2) is 17.8 Å². The number of amides is 1. The van der Waals surface area contributed by atoms with Gasteiger partial charge in [-0.15, -0.1) is 0 Å². The molecule has 6 nitrogen and oxygen atoms in total. The van der Waals surface area contributed by atoms with Crippen molar-refractivity contribution in [3.05, 3.63) is 101 Å². The third kappa shape index (κ3) is 5.26. The van der Waals surface area contributed by atoms with Gasteiger partial charge in [0, 0.05) is 18.2 Å². The number of nitrogens with one attached hydrogen (secondary N) is 1. The van der Waals surface area contributed by atoms with Crippen LogP contribution in [0.3, 0.4) is 0 Å². The van der Waals surface area contributed by atoms with Crippen molar-refractivity contribution in [2.24, 2.45) is 4.99 Å². The first kappa shape index (κ1) is 21.0. The van der Waals surface area contributed by atoms with E-state index in [0.717, 1.165) is 11.1 Å². The van der Waals surface area contributed by atoms with Crippen molar-refractivity contribution in [2.75, 3.05) is 5.32 Å². The molecule has 1 aliphatic rings. The Bertz CT molecular complexity index is 1200. The Kier molecular flexibility index (Phi) is 6.07. The summed E-state index contributed by atoms with van der Waals surface area (Å²) in [5.41, 5.74) is 3.07. The van der Waals surface area contributed by atoms with Crippen LogP contribution >= 0.6 is 0 Å². The van der Waals surface area contributed by atoms with Crippen molar-refractivity contribution in [2.45, 2.75) is 13.5 Å². The molecular weight excluding hydrogens is 411 g/mol. The Hall–Kier alpha value is -4.26. The predicted molar refractivity (Wildman–Crippen MR) is 119 cm³/mol. The van der Waals surface area contributed by atoms with Gasteiger partial charge in [-0.05, 0) is 65.7 Å². The molecule has 0 aliphatic carbocycles. The molecule has 0 aromatic heterocycles. The summed E-state index contributed by atoms with van der Waals surface area (Å²) < 4.78 is 23.9. The Morgan fingerprint density at radius 2 is 1.72 bits per heavy atom. The Labute approximate surface area is 184 Å². The summed E-state index contributed by atoms with van der Waals surface area (Å²) in [4.78, 5) is 27.6. The second-order valence-electron chi connectivity index (χ2n) is 7.08. The number of carbonyl (C=O) groups is 2. The largest absolute Gasteiger partial charge is 0.489 e. The molecular formula is C25H19FN2O4. The number of carbonyl (C=O) groups excluding carboxylic acids is 2. The van der Waals surface area contributed by atoms with E-state index in [1.807, 2.05) is 0 Å². The monoisotopic (exact) mass is 430 g/mol. The lowest BCUT2D eigenvalue weighted by atomic mass is 10.2. The van der Waals surface area contributed by atoms with Crippen molar-refractivity contribution in [1.82, 2.24) is 0 Å². The maximum atomic E-state index is 13.0. The minimum atomic E-state index is -0.539. The number of hydrogen-bond acceptors (Lipinski definition) is 5. The van der Waals surface area contributed by atoms with Crippen molar-refractivity contribution in [3.63, 3.8) is 0 Å². The van der Waals surface area contributed by atoms with E-state index in [4.69, 9.17) is 9.47 Å². The Morgan fingerprint density at radius 3 is 2.38 bits per heavy atom. The molecule has 0 unspecified atom stereocenters. The van der Waals surface area contributed by atoms with Gasteiger partial charge in [-0.2, -0.15) is 0 Å². The highest BCUT2D eigenvalue weighted by atomic mass is 19.1. The molecule has 3 aromatic carbocycles. The number of ether oxygens (including phenoxy) is 2. The van der Waals surface area contributed by atoms with E-state index in [9.17, 15) is 14.0 Å².